The van der Waals surface area contributed by atoms with E-state index in [4.69, 9.17) is 24.4 Å². The van der Waals surface area contributed by atoms with Crippen molar-refractivity contribution in [3.63, 3.8) is 0 Å². The monoisotopic (exact) mass is 778 g/mol. The second-order valence-electron chi connectivity index (χ2n) is 13.4. The van der Waals surface area contributed by atoms with Crippen molar-refractivity contribution >= 4 is 57.1 Å². The van der Waals surface area contributed by atoms with Gasteiger partial charge in [-0.3, -0.25) is 0 Å². The molecule has 0 aliphatic heterocycles. The maximum atomic E-state index is 9.63. The first-order chi connectivity index (χ1) is 21.9. The Morgan fingerprint density at radius 3 is 0.733 bits per heavy atom. The van der Waals surface area contributed by atoms with Crippen molar-refractivity contribution in [1.29, 1.82) is 0 Å². The van der Waals surface area contributed by atoms with Crippen molar-refractivity contribution < 1.29 is 10.2 Å². The molecule has 45 heavy (non-hydrogen) atoms. The maximum absolute atomic E-state index is 9.63. The Bertz CT molecular complexity index is 492. The van der Waals surface area contributed by atoms with Crippen LogP contribution in [0.2, 0.25) is 4.44 Å². The molecule has 0 aliphatic rings. The van der Waals surface area contributed by atoms with Crippen LogP contribution >= 0.6 is 24.4 Å². The van der Waals surface area contributed by atoms with Crippen LogP contribution in [0.1, 0.15) is 227 Å². The molecule has 2 radical (unpaired) electrons. The van der Waals surface area contributed by atoms with E-state index >= 15 is 0 Å². The van der Waals surface area contributed by atoms with E-state index in [1.165, 1.54) is 194 Å². The molecule has 0 aromatic rings. The number of hydrogen-bond acceptors (Lipinski definition) is 2. The molecular weight excluding hydrogens is 695 g/mol. The van der Waals surface area contributed by atoms with Gasteiger partial charge in [-0.05, 0) is 50.1 Å². The molecule has 0 atom stereocenters. The molecule has 0 rings (SSSR count). The summed E-state index contributed by atoms with van der Waals surface area (Å²) in [6.45, 7) is 11.2. The first-order valence-corrected chi connectivity index (χ1v) is 23.2. The molecule has 5 heteroatoms. The average Bonchev–Trinajstić information content (AvgIpc) is 3.02. The van der Waals surface area contributed by atoms with Crippen molar-refractivity contribution in [3.05, 3.63) is 0 Å². The molecule has 0 amide bonds. The van der Waals surface area contributed by atoms with Crippen molar-refractivity contribution in [2.24, 2.45) is 11.8 Å². The molecular formula is C40H82O2S2Sn. The summed E-state index contributed by atoms with van der Waals surface area (Å²) in [7, 11) is 0. The van der Waals surface area contributed by atoms with Crippen LogP contribution in [0.3, 0.4) is 0 Å². The van der Waals surface area contributed by atoms with E-state index in [-0.39, 0.29) is 21.9 Å². The third-order valence-electron chi connectivity index (χ3n) is 8.88. The molecule has 270 valence electrons. The summed E-state index contributed by atoms with van der Waals surface area (Å²) in [6.07, 6.45) is 38.8. The molecule has 0 fully saturated rings. The summed E-state index contributed by atoms with van der Waals surface area (Å²) >= 11 is 11.5. The summed E-state index contributed by atoms with van der Waals surface area (Å²) in [5.74, 6) is 0.560. The number of aliphatic hydroxyl groups is 2. The molecule has 0 aromatic heterocycles. The minimum absolute atomic E-state index is 0.257. The molecule has 0 aromatic carbocycles. The quantitative estimate of drug-likeness (QED) is 0.0405. The zero-order chi connectivity index (χ0) is 34.2. The molecule has 2 nitrogen and oxygen atoms in total. The number of unbranched alkanes of at least 4 members (excludes halogenated alkanes) is 21. The summed E-state index contributed by atoms with van der Waals surface area (Å²) in [6, 6.07) is 0. The van der Waals surface area contributed by atoms with E-state index in [0.29, 0.717) is 0 Å². The summed E-state index contributed by atoms with van der Waals surface area (Å²) in [5, 5.41) is 19.8. The SMILES string of the molecule is CCCCCCCCC(CCCCCCCC)C(O)=S.CCCCCCCCC(CCCCCCCC)C(O)=S.CCC[CH2][SnH]. The predicted octanol–water partition coefficient (Wildman–Crippen LogP) is 15.1. The van der Waals surface area contributed by atoms with E-state index in [1.54, 1.807) is 0 Å². The number of rotatable bonds is 32. The van der Waals surface area contributed by atoms with Crippen LogP contribution < -0.4 is 0 Å². The molecule has 0 spiro atoms. The van der Waals surface area contributed by atoms with Gasteiger partial charge in [0.05, 0.1) is 0 Å². The zero-order valence-corrected chi connectivity index (χ0v) is 36.3. The normalized spacial score (nSPS) is 10.8. The van der Waals surface area contributed by atoms with Gasteiger partial charge in [-0.1, -0.05) is 182 Å². The van der Waals surface area contributed by atoms with Gasteiger partial charge in [-0.25, -0.2) is 0 Å². The Labute approximate surface area is 308 Å². The number of aliphatic hydroxyl groups excluding tert-OH is 2. The van der Waals surface area contributed by atoms with E-state index in [0.717, 1.165) is 25.7 Å². The van der Waals surface area contributed by atoms with Gasteiger partial charge in [0.2, 0.25) is 0 Å². The summed E-state index contributed by atoms with van der Waals surface area (Å²) < 4.78 is 1.47. The van der Waals surface area contributed by atoms with Crippen LogP contribution in [-0.4, -0.2) is 42.8 Å². The summed E-state index contributed by atoms with van der Waals surface area (Å²) in [4.78, 5) is 0. The fraction of sp³-hybridized carbons (Fsp3) is 0.950. The molecule has 2 N–H and O–H groups in total. The van der Waals surface area contributed by atoms with Crippen LogP contribution in [-0.2, 0) is 0 Å². The second kappa shape index (κ2) is 44.6. The second-order valence-corrected chi connectivity index (χ2v) is 15.9. The Hall–Kier alpha value is 0.579. The van der Waals surface area contributed by atoms with Crippen LogP contribution in [0.4, 0.5) is 0 Å². The standard InChI is InChI=1S/2C18H36OS.C4H9.Sn.H/c2*1-3-5-7-9-11-13-15-17(18(19)20)16-14-12-10-8-6-4-2;1-3-4-2;;/h2*17H,3-16H2,1-2H3,(H,19,20);1,3-4H2,2H3;;. The van der Waals surface area contributed by atoms with Gasteiger partial charge in [-0.15, -0.1) is 0 Å². The van der Waals surface area contributed by atoms with Crippen LogP contribution in [0.15, 0.2) is 0 Å². The fourth-order valence-corrected chi connectivity index (χ4v) is 7.31. The van der Waals surface area contributed by atoms with Gasteiger partial charge in [0.1, 0.15) is 0 Å². The zero-order valence-electron chi connectivity index (χ0n) is 31.4. The van der Waals surface area contributed by atoms with Gasteiger partial charge in [0, 0.05) is 11.8 Å². The Morgan fingerprint density at radius 2 is 0.578 bits per heavy atom. The number of thiocarbonyl (C=S) groups is 2. The van der Waals surface area contributed by atoms with Crippen molar-refractivity contribution in [1.82, 2.24) is 0 Å². The van der Waals surface area contributed by atoms with Crippen LogP contribution in [0.25, 0.3) is 0 Å². The molecule has 0 heterocycles. The van der Waals surface area contributed by atoms with Crippen LogP contribution in [0, 0.1) is 11.8 Å². The first-order valence-electron chi connectivity index (χ1n) is 20.0. The van der Waals surface area contributed by atoms with E-state index in [2.05, 4.69) is 34.6 Å². The van der Waals surface area contributed by atoms with E-state index in [9.17, 15) is 10.2 Å². The fourth-order valence-electron chi connectivity index (χ4n) is 5.67. The van der Waals surface area contributed by atoms with Gasteiger partial charge >= 0.3 is 46.7 Å². The molecule has 0 aliphatic carbocycles. The van der Waals surface area contributed by atoms with E-state index in [1.807, 2.05) is 0 Å². The van der Waals surface area contributed by atoms with Crippen molar-refractivity contribution in [2.45, 2.75) is 232 Å². The molecule has 0 saturated heterocycles. The van der Waals surface area contributed by atoms with Crippen molar-refractivity contribution in [3.8, 4) is 0 Å². The molecule has 0 unspecified atom stereocenters. The Balaban J connectivity index is -0.000000680. The van der Waals surface area contributed by atoms with Gasteiger partial charge in [0.15, 0.2) is 10.1 Å². The van der Waals surface area contributed by atoms with Crippen LogP contribution in [0.5, 0.6) is 0 Å². The van der Waals surface area contributed by atoms with Gasteiger partial charge in [-0.2, -0.15) is 0 Å². The molecule has 0 bridgehead atoms. The van der Waals surface area contributed by atoms with E-state index < -0.39 is 0 Å². The van der Waals surface area contributed by atoms with Crippen molar-refractivity contribution in [2.75, 3.05) is 0 Å². The third kappa shape index (κ3) is 44.6. The Morgan fingerprint density at radius 1 is 0.378 bits per heavy atom. The first kappa shape index (κ1) is 50.0. The summed E-state index contributed by atoms with van der Waals surface area (Å²) in [5.41, 5.74) is 0. The Kier molecular flexibility index (Phi) is 49.5. The molecule has 0 saturated carbocycles. The average molecular weight is 778 g/mol. The number of hydrogen-bond donors (Lipinski definition) is 2. The van der Waals surface area contributed by atoms with Gasteiger partial charge < -0.3 is 10.2 Å². The minimum atomic E-state index is 0.257. The van der Waals surface area contributed by atoms with Gasteiger partial charge in [0.25, 0.3) is 0 Å². The topological polar surface area (TPSA) is 40.5 Å². The predicted molar refractivity (Wildman–Crippen MR) is 216 cm³/mol. The third-order valence-corrected chi connectivity index (χ3v) is 10.7.